The van der Waals surface area contributed by atoms with E-state index in [1.807, 2.05) is 36.4 Å². The van der Waals surface area contributed by atoms with Crippen molar-refractivity contribution in [2.45, 2.75) is 25.3 Å². The van der Waals surface area contributed by atoms with E-state index < -0.39 is 11.5 Å². The summed E-state index contributed by atoms with van der Waals surface area (Å²) in [5, 5.41) is 6.32. The van der Waals surface area contributed by atoms with Gasteiger partial charge >= 0.3 is 0 Å². The highest BCUT2D eigenvalue weighted by Crippen LogP contribution is 2.30. The van der Waals surface area contributed by atoms with Crippen LogP contribution in [0.5, 0.6) is 5.75 Å². The topological polar surface area (TPSA) is 126 Å². The number of aryl methyl sites for hydroxylation is 1. The number of rotatable bonds is 6. The van der Waals surface area contributed by atoms with Crippen molar-refractivity contribution in [1.29, 1.82) is 0 Å². The van der Waals surface area contributed by atoms with E-state index in [4.69, 9.17) is 10.5 Å². The summed E-state index contributed by atoms with van der Waals surface area (Å²) >= 11 is 0. The average Bonchev–Trinajstić information content (AvgIpc) is 2.79. The Morgan fingerprint density at radius 1 is 1.09 bits per heavy atom. The zero-order chi connectivity index (χ0) is 22.7. The second-order valence-electron chi connectivity index (χ2n) is 7.63. The summed E-state index contributed by atoms with van der Waals surface area (Å²) in [4.78, 5) is 39.6. The van der Waals surface area contributed by atoms with Gasteiger partial charge in [0.2, 0.25) is 0 Å². The molecule has 164 valence electrons. The average molecular weight is 432 g/mol. The van der Waals surface area contributed by atoms with Gasteiger partial charge in [-0.15, -0.1) is 0 Å². The zero-order valence-electron chi connectivity index (χ0n) is 17.6. The number of amides is 2. The van der Waals surface area contributed by atoms with Crippen molar-refractivity contribution in [2.24, 2.45) is 5.73 Å². The van der Waals surface area contributed by atoms with Gasteiger partial charge in [0.1, 0.15) is 11.3 Å². The second kappa shape index (κ2) is 8.97. The number of aromatic nitrogens is 1. The number of carbonyl (C=O) groups excluding carboxylic acids is 2. The SMILES string of the molecule is COc1ccc(Nc2ccccc2C(=O)N[C@H]2CCCc3[nH]c(=O)c(C(N)=O)cc32)cc1. The number of ether oxygens (including phenoxy) is 1. The minimum atomic E-state index is -0.793. The Hall–Kier alpha value is -4.07. The molecule has 0 aliphatic heterocycles. The molecule has 0 spiro atoms. The molecule has 4 rings (SSSR count). The number of pyridine rings is 1. The monoisotopic (exact) mass is 432 g/mol. The summed E-state index contributed by atoms with van der Waals surface area (Å²) in [5.74, 6) is -0.309. The first-order chi connectivity index (χ1) is 15.5. The molecule has 0 unspecified atom stereocenters. The summed E-state index contributed by atoms with van der Waals surface area (Å²) in [6, 6.07) is 15.8. The number of primary amides is 1. The summed E-state index contributed by atoms with van der Waals surface area (Å²) in [6.45, 7) is 0. The van der Waals surface area contributed by atoms with Gasteiger partial charge in [0.25, 0.3) is 17.4 Å². The van der Waals surface area contributed by atoms with Crippen LogP contribution in [0.15, 0.2) is 59.4 Å². The molecular formula is C24H24N4O4. The van der Waals surface area contributed by atoms with Crippen LogP contribution in [0, 0.1) is 0 Å². The molecule has 0 bridgehead atoms. The number of fused-ring (bicyclic) bond motifs is 1. The zero-order valence-corrected chi connectivity index (χ0v) is 17.6. The number of H-pyrrole nitrogens is 1. The Morgan fingerprint density at radius 2 is 1.84 bits per heavy atom. The molecule has 0 radical (unpaired) electrons. The highest BCUT2D eigenvalue weighted by atomic mass is 16.5. The van der Waals surface area contributed by atoms with Gasteiger partial charge in [-0.3, -0.25) is 14.4 Å². The minimum absolute atomic E-state index is 0.105. The molecule has 2 aromatic carbocycles. The van der Waals surface area contributed by atoms with E-state index in [0.29, 0.717) is 24.1 Å². The predicted molar refractivity (Wildman–Crippen MR) is 121 cm³/mol. The summed E-state index contributed by atoms with van der Waals surface area (Å²) in [7, 11) is 1.60. The first kappa shape index (κ1) is 21.2. The van der Waals surface area contributed by atoms with Crippen LogP contribution in [0.25, 0.3) is 0 Å². The number of carbonyl (C=O) groups is 2. The maximum atomic E-state index is 13.2. The molecule has 1 aromatic heterocycles. The smallest absolute Gasteiger partial charge is 0.261 e. The van der Waals surface area contributed by atoms with Gasteiger partial charge in [-0.1, -0.05) is 12.1 Å². The van der Waals surface area contributed by atoms with Gasteiger partial charge in [0.15, 0.2) is 0 Å². The highest BCUT2D eigenvalue weighted by molar-refractivity contribution is 6.00. The lowest BCUT2D eigenvalue weighted by molar-refractivity contribution is 0.0933. The van der Waals surface area contributed by atoms with Crippen molar-refractivity contribution in [1.82, 2.24) is 10.3 Å². The van der Waals surface area contributed by atoms with E-state index in [-0.39, 0.29) is 17.5 Å². The second-order valence-corrected chi connectivity index (χ2v) is 7.63. The van der Waals surface area contributed by atoms with Crippen LogP contribution in [-0.2, 0) is 6.42 Å². The quantitative estimate of drug-likeness (QED) is 0.476. The largest absolute Gasteiger partial charge is 0.497 e. The number of methoxy groups -OCH3 is 1. The van der Waals surface area contributed by atoms with Gasteiger partial charge in [-0.2, -0.15) is 0 Å². The minimum Gasteiger partial charge on any atom is -0.497 e. The molecule has 8 heteroatoms. The normalized spacial score (nSPS) is 14.8. The third-order valence-corrected chi connectivity index (χ3v) is 5.56. The van der Waals surface area contributed by atoms with Crippen molar-refractivity contribution in [3.63, 3.8) is 0 Å². The van der Waals surface area contributed by atoms with Gasteiger partial charge in [-0.05, 0) is 67.3 Å². The fraction of sp³-hybridized carbons (Fsp3) is 0.208. The van der Waals surface area contributed by atoms with Crippen LogP contribution >= 0.6 is 0 Å². The number of nitrogens with two attached hydrogens (primary N) is 1. The van der Waals surface area contributed by atoms with Crippen molar-refractivity contribution < 1.29 is 14.3 Å². The van der Waals surface area contributed by atoms with Crippen LogP contribution in [0.3, 0.4) is 0 Å². The number of hydrogen-bond acceptors (Lipinski definition) is 5. The van der Waals surface area contributed by atoms with Crippen LogP contribution in [0.4, 0.5) is 11.4 Å². The van der Waals surface area contributed by atoms with Crippen LogP contribution in [-0.4, -0.2) is 23.9 Å². The number of anilines is 2. The molecule has 1 heterocycles. The molecule has 2 amide bonds. The molecule has 3 aromatic rings. The fourth-order valence-corrected chi connectivity index (χ4v) is 3.93. The number of nitrogens with one attached hydrogen (secondary N) is 3. The van der Waals surface area contributed by atoms with Crippen LogP contribution in [0.1, 0.15) is 50.9 Å². The van der Waals surface area contributed by atoms with E-state index >= 15 is 0 Å². The summed E-state index contributed by atoms with van der Waals surface area (Å²) in [5.41, 5.74) is 8.13. The maximum absolute atomic E-state index is 13.2. The molecule has 8 nitrogen and oxygen atoms in total. The highest BCUT2D eigenvalue weighted by Gasteiger charge is 2.26. The fourth-order valence-electron chi connectivity index (χ4n) is 3.93. The first-order valence-electron chi connectivity index (χ1n) is 10.3. The lowest BCUT2D eigenvalue weighted by atomic mass is 9.90. The Balaban J connectivity index is 1.59. The van der Waals surface area contributed by atoms with Gasteiger partial charge in [-0.25, -0.2) is 0 Å². The molecule has 1 atom stereocenters. The maximum Gasteiger partial charge on any atom is 0.261 e. The van der Waals surface area contributed by atoms with Gasteiger partial charge in [0.05, 0.1) is 24.4 Å². The standard InChI is InChI=1S/C24H24N4O4/c1-32-15-11-9-14(10-12-15)26-19-6-3-2-5-16(19)23(30)27-20-7-4-8-21-17(20)13-18(22(25)29)24(31)28-21/h2-3,5-6,9-13,20,26H,4,7-8H2,1H3,(H2,25,29)(H,27,30)(H,28,31)/t20-/m0/s1. The molecule has 0 saturated carbocycles. The van der Waals surface area contributed by atoms with Gasteiger partial charge in [0, 0.05) is 11.4 Å². The van der Waals surface area contributed by atoms with E-state index in [0.717, 1.165) is 29.1 Å². The molecule has 0 saturated heterocycles. The van der Waals surface area contributed by atoms with Crippen molar-refractivity contribution in [2.75, 3.05) is 12.4 Å². The van der Waals surface area contributed by atoms with Crippen LogP contribution < -0.4 is 26.7 Å². The molecule has 0 fully saturated rings. The van der Waals surface area contributed by atoms with Gasteiger partial charge < -0.3 is 26.1 Å². The van der Waals surface area contributed by atoms with Crippen molar-refractivity contribution in [3.8, 4) is 5.75 Å². The number of aromatic amines is 1. The Morgan fingerprint density at radius 3 is 2.56 bits per heavy atom. The lowest BCUT2D eigenvalue weighted by Gasteiger charge is -2.26. The molecular weight excluding hydrogens is 408 g/mol. The third kappa shape index (κ3) is 4.34. The van der Waals surface area contributed by atoms with Crippen LogP contribution in [0.2, 0.25) is 0 Å². The van der Waals surface area contributed by atoms with E-state index in [2.05, 4.69) is 15.6 Å². The molecule has 5 N–H and O–H groups in total. The number of hydrogen-bond donors (Lipinski definition) is 4. The van der Waals surface area contributed by atoms with E-state index in [1.165, 1.54) is 6.07 Å². The Labute approximate surface area is 184 Å². The third-order valence-electron chi connectivity index (χ3n) is 5.56. The molecule has 32 heavy (non-hydrogen) atoms. The van der Waals surface area contributed by atoms with E-state index in [9.17, 15) is 14.4 Å². The van der Waals surface area contributed by atoms with Crippen molar-refractivity contribution in [3.05, 3.63) is 87.3 Å². The summed E-state index contributed by atoms with van der Waals surface area (Å²) in [6.07, 6.45) is 2.16. The number of para-hydroxylation sites is 1. The Bertz CT molecular complexity index is 1220. The molecule has 1 aliphatic carbocycles. The first-order valence-corrected chi connectivity index (χ1v) is 10.3. The van der Waals surface area contributed by atoms with Crippen molar-refractivity contribution >= 4 is 23.2 Å². The Kier molecular flexibility index (Phi) is 5.93. The van der Waals surface area contributed by atoms with E-state index in [1.54, 1.807) is 19.2 Å². The number of benzene rings is 2. The lowest BCUT2D eigenvalue weighted by Crippen LogP contribution is -2.34. The summed E-state index contributed by atoms with van der Waals surface area (Å²) < 4.78 is 5.18. The predicted octanol–water partition coefficient (Wildman–Crippen LogP) is 3.03. The molecule has 1 aliphatic rings.